The molecule has 3 rings (SSSR count). The topological polar surface area (TPSA) is 34.9 Å². The van der Waals surface area contributed by atoms with Crippen molar-refractivity contribution in [1.82, 2.24) is 9.55 Å². The Morgan fingerprint density at radius 2 is 1.75 bits per heavy atom. The zero-order chi connectivity index (χ0) is 14.1. The monoisotopic (exact) mass is 330 g/mol. The van der Waals surface area contributed by atoms with Crippen molar-refractivity contribution in [3.05, 3.63) is 64.6 Å². The van der Waals surface area contributed by atoms with Crippen LogP contribution in [0.4, 0.5) is 0 Å². The number of rotatable bonds is 2. The Hall–Kier alpha value is -1.90. The van der Waals surface area contributed by atoms with Crippen LogP contribution in [-0.2, 0) is 7.05 Å². The molecule has 100 valence electrons. The van der Waals surface area contributed by atoms with E-state index in [1.807, 2.05) is 6.07 Å². The molecule has 0 aliphatic heterocycles. The van der Waals surface area contributed by atoms with Crippen molar-refractivity contribution >= 4 is 34.9 Å². The third-order valence-corrected chi connectivity index (χ3v) is 5.30. The van der Waals surface area contributed by atoms with Crippen molar-refractivity contribution in [2.75, 3.05) is 0 Å². The molecule has 0 saturated heterocycles. The van der Waals surface area contributed by atoms with Gasteiger partial charge in [-0.15, -0.1) is 0 Å². The molecule has 0 saturated carbocycles. The number of fused-ring (bicyclic) bond motifs is 1. The summed E-state index contributed by atoms with van der Waals surface area (Å²) in [5.74, 6) is 0. The maximum atomic E-state index is 11.6. The molecule has 1 aromatic heterocycles. The molecule has 0 radical (unpaired) electrons. The molecule has 4 heteroatoms. The minimum absolute atomic E-state index is 0.0718. The van der Waals surface area contributed by atoms with Gasteiger partial charge in [-0.25, -0.2) is 0 Å². The molecule has 0 aliphatic carbocycles. The van der Waals surface area contributed by atoms with E-state index in [2.05, 4.69) is 48.3 Å². The van der Waals surface area contributed by atoms with Crippen molar-refractivity contribution < 1.29 is 0 Å². The molecule has 2 aromatic carbocycles. The van der Waals surface area contributed by atoms with E-state index in [1.54, 1.807) is 11.6 Å². The van der Waals surface area contributed by atoms with Gasteiger partial charge in [0.25, 0.3) is 0 Å². The van der Waals surface area contributed by atoms with Gasteiger partial charge in [0.1, 0.15) is 0 Å². The summed E-state index contributed by atoms with van der Waals surface area (Å²) >= 11 is 0.244. The molecular formula is C16H14N2OSe. The summed E-state index contributed by atoms with van der Waals surface area (Å²) in [6, 6.07) is 14.8. The number of aromatic nitrogens is 2. The Morgan fingerprint density at radius 3 is 2.50 bits per heavy atom. The van der Waals surface area contributed by atoms with Crippen LogP contribution in [0.25, 0.3) is 11.0 Å². The number of nitrogens with zero attached hydrogens (tertiary/aromatic N) is 2. The van der Waals surface area contributed by atoms with Crippen LogP contribution >= 0.6 is 0 Å². The van der Waals surface area contributed by atoms with Gasteiger partial charge in [0.05, 0.1) is 0 Å². The SMILES string of the molecule is Cc1ccc([Se]c2ccc3ncc(=O)n(C)c3c2)cc1. The Morgan fingerprint density at radius 1 is 1.05 bits per heavy atom. The van der Waals surface area contributed by atoms with E-state index < -0.39 is 0 Å². The average molecular weight is 329 g/mol. The van der Waals surface area contributed by atoms with E-state index >= 15 is 0 Å². The van der Waals surface area contributed by atoms with Gasteiger partial charge in [-0.1, -0.05) is 0 Å². The van der Waals surface area contributed by atoms with Crippen LogP contribution in [-0.4, -0.2) is 24.5 Å². The normalized spacial score (nSPS) is 10.9. The molecule has 0 atom stereocenters. The van der Waals surface area contributed by atoms with E-state index in [9.17, 15) is 4.79 Å². The fraction of sp³-hybridized carbons (Fsp3) is 0.125. The van der Waals surface area contributed by atoms with Crippen molar-refractivity contribution in [3.63, 3.8) is 0 Å². The zero-order valence-corrected chi connectivity index (χ0v) is 13.0. The Labute approximate surface area is 123 Å². The van der Waals surface area contributed by atoms with E-state index in [4.69, 9.17) is 0 Å². The molecular weight excluding hydrogens is 315 g/mol. The van der Waals surface area contributed by atoms with Crippen molar-refractivity contribution in [1.29, 1.82) is 0 Å². The van der Waals surface area contributed by atoms with E-state index in [0.29, 0.717) is 0 Å². The quantitative estimate of drug-likeness (QED) is 0.655. The molecule has 3 nitrogen and oxygen atoms in total. The molecule has 0 fully saturated rings. The molecule has 20 heavy (non-hydrogen) atoms. The van der Waals surface area contributed by atoms with E-state index in [1.165, 1.54) is 20.7 Å². The van der Waals surface area contributed by atoms with Gasteiger partial charge < -0.3 is 0 Å². The summed E-state index contributed by atoms with van der Waals surface area (Å²) < 4.78 is 4.23. The first-order chi connectivity index (χ1) is 9.63. The van der Waals surface area contributed by atoms with Gasteiger partial charge in [0.2, 0.25) is 0 Å². The summed E-state index contributed by atoms with van der Waals surface area (Å²) in [6.07, 6.45) is 1.37. The van der Waals surface area contributed by atoms with Gasteiger partial charge >= 0.3 is 123 Å². The van der Waals surface area contributed by atoms with Crippen LogP contribution in [0.15, 0.2) is 53.5 Å². The molecule has 0 spiro atoms. The first kappa shape index (κ1) is 13.1. The third kappa shape index (κ3) is 2.53. The molecule has 0 amide bonds. The fourth-order valence-corrected chi connectivity index (χ4v) is 3.80. The summed E-state index contributed by atoms with van der Waals surface area (Å²) in [6.45, 7) is 2.09. The van der Waals surface area contributed by atoms with Crippen LogP contribution in [0.3, 0.4) is 0 Å². The third-order valence-electron chi connectivity index (χ3n) is 3.21. The van der Waals surface area contributed by atoms with Gasteiger partial charge in [-0.3, -0.25) is 0 Å². The fourth-order valence-electron chi connectivity index (χ4n) is 2.02. The van der Waals surface area contributed by atoms with Crippen LogP contribution in [0.1, 0.15) is 5.56 Å². The molecule has 1 heterocycles. The van der Waals surface area contributed by atoms with E-state index in [0.717, 1.165) is 11.0 Å². The number of hydrogen-bond acceptors (Lipinski definition) is 2. The van der Waals surface area contributed by atoms with Crippen LogP contribution < -0.4 is 14.5 Å². The first-order valence-corrected chi connectivity index (χ1v) is 8.05. The second-order valence-electron chi connectivity index (χ2n) is 4.72. The van der Waals surface area contributed by atoms with Gasteiger partial charge in [0.15, 0.2) is 0 Å². The van der Waals surface area contributed by atoms with Gasteiger partial charge in [-0.05, 0) is 0 Å². The second kappa shape index (κ2) is 5.23. The van der Waals surface area contributed by atoms with Crippen LogP contribution in [0.2, 0.25) is 0 Å². The van der Waals surface area contributed by atoms with Crippen molar-refractivity contribution in [2.24, 2.45) is 7.05 Å². The Kier molecular flexibility index (Phi) is 3.43. The predicted octanol–water partition coefficient (Wildman–Crippen LogP) is 0.897. The standard InChI is InChI=1S/C16H14N2OSe/c1-11-3-5-12(6-4-11)20-13-7-8-14-15(9-13)18(2)16(19)10-17-14/h3-10H,1-2H3. The van der Waals surface area contributed by atoms with Crippen LogP contribution in [0, 0.1) is 6.92 Å². The summed E-state index contributed by atoms with van der Waals surface area (Å²) in [5, 5.41) is 0. The summed E-state index contributed by atoms with van der Waals surface area (Å²) in [5.41, 5.74) is 2.95. The first-order valence-electron chi connectivity index (χ1n) is 6.34. The average Bonchev–Trinajstić information content (AvgIpc) is 2.46. The van der Waals surface area contributed by atoms with E-state index in [-0.39, 0.29) is 20.5 Å². The molecule has 0 aliphatic rings. The molecule has 0 N–H and O–H groups in total. The second-order valence-corrected chi connectivity index (χ2v) is 7.13. The molecule has 3 aromatic rings. The van der Waals surface area contributed by atoms with Gasteiger partial charge in [0, 0.05) is 0 Å². The number of aryl methyl sites for hydroxylation is 2. The van der Waals surface area contributed by atoms with Crippen molar-refractivity contribution in [3.8, 4) is 0 Å². The number of benzene rings is 2. The van der Waals surface area contributed by atoms with Crippen LogP contribution in [0.5, 0.6) is 0 Å². The number of hydrogen-bond donors (Lipinski definition) is 0. The Balaban J connectivity index is 2.02. The Bertz CT molecular complexity index is 822. The predicted molar refractivity (Wildman–Crippen MR) is 83.2 cm³/mol. The minimum atomic E-state index is -0.0718. The maximum absolute atomic E-state index is 11.6. The summed E-state index contributed by atoms with van der Waals surface area (Å²) in [7, 11) is 1.79. The van der Waals surface area contributed by atoms with Crippen molar-refractivity contribution in [2.45, 2.75) is 6.92 Å². The zero-order valence-electron chi connectivity index (χ0n) is 11.3. The summed E-state index contributed by atoms with van der Waals surface area (Å²) in [4.78, 5) is 15.8. The molecule has 0 bridgehead atoms. The van der Waals surface area contributed by atoms with Gasteiger partial charge in [-0.2, -0.15) is 0 Å². The molecule has 0 unspecified atom stereocenters.